The van der Waals surface area contributed by atoms with Crippen LogP contribution in [0.1, 0.15) is 32.4 Å². The van der Waals surface area contributed by atoms with Gasteiger partial charge in [0, 0.05) is 24.8 Å². The van der Waals surface area contributed by atoms with Gasteiger partial charge in [0.1, 0.15) is 5.75 Å². The summed E-state index contributed by atoms with van der Waals surface area (Å²) in [6.07, 6.45) is 1.33. The zero-order valence-electron chi connectivity index (χ0n) is 19.4. The minimum atomic E-state index is -0.488. The number of carbonyl (C=O) groups excluding carboxylic acids is 3. The summed E-state index contributed by atoms with van der Waals surface area (Å²) in [4.78, 5) is 40.2. The Balaban J connectivity index is 1.21. The van der Waals surface area contributed by atoms with Crippen molar-refractivity contribution in [1.82, 2.24) is 15.1 Å². The van der Waals surface area contributed by atoms with Gasteiger partial charge in [0.25, 0.3) is 11.8 Å². The molecule has 0 spiro atoms. The first-order valence-electron chi connectivity index (χ1n) is 11.3. The zero-order chi connectivity index (χ0) is 25.1. The third kappa shape index (κ3) is 4.93. The van der Waals surface area contributed by atoms with Crippen LogP contribution in [-0.2, 0) is 4.79 Å². The fraction of sp³-hybridized carbons (Fsp3) is 0.292. The number of hydrogen-bond acceptors (Lipinski definition) is 9. The van der Waals surface area contributed by atoms with Crippen LogP contribution in [0, 0.1) is 5.92 Å². The van der Waals surface area contributed by atoms with E-state index >= 15 is 0 Å². The molecule has 12 heteroatoms. The number of nitrogens with one attached hydrogen (secondary N) is 2. The van der Waals surface area contributed by atoms with Gasteiger partial charge in [-0.15, -0.1) is 10.2 Å². The van der Waals surface area contributed by atoms with Gasteiger partial charge < -0.3 is 29.7 Å². The summed E-state index contributed by atoms with van der Waals surface area (Å²) in [6, 6.07) is 12.2. The van der Waals surface area contributed by atoms with Crippen molar-refractivity contribution in [2.45, 2.75) is 12.8 Å². The number of para-hydroxylation sites is 2. The molecular formula is C24H23N5O6S. The smallest absolute Gasteiger partial charge is 0.286 e. The molecule has 0 bridgehead atoms. The molecule has 186 valence electrons. The summed E-state index contributed by atoms with van der Waals surface area (Å²) >= 11 is 0.906. The van der Waals surface area contributed by atoms with Gasteiger partial charge >= 0.3 is 0 Å². The highest BCUT2D eigenvalue weighted by atomic mass is 32.1. The Kier molecular flexibility index (Phi) is 6.67. The molecule has 5 rings (SSSR count). The first-order chi connectivity index (χ1) is 17.5. The number of benzene rings is 2. The normalized spacial score (nSPS) is 16.4. The Morgan fingerprint density at radius 1 is 1.06 bits per heavy atom. The molecule has 3 aromatic rings. The fourth-order valence-corrected chi connectivity index (χ4v) is 4.76. The molecule has 1 fully saturated rings. The number of methoxy groups -OCH3 is 1. The van der Waals surface area contributed by atoms with Crippen LogP contribution in [-0.4, -0.2) is 59.8 Å². The summed E-state index contributed by atoms with van der Waals surface area (Å²) in [5.74, 6) is 0.300. The second-order valence-corrected chi connectivity index (χ2v) is 9.19. The van der Waals surface area contributed by atoms with E-state index in [1.165, 1.54) is 7.11 Å². The van der Waals surface area contributed by atoms with Gasteiger partial charge in [-0.2, -0.15) is 0 Å². The molecule has 1 saturated heterocycles. The van der Waals surface area contributed by atoms with Crippen molar-refractivity contribution in [3.8, 4) is 17.2 Å². The maximum atomic E-state index is 13.1. The number of ether oxygens (including phenoxy) is 3. The van der Waals surface area contributed by atoms with E-state index in [2.05, 4.69) is 20.8 Å². The van der Waals surface area contributed by atoms with Crippen molar-refractivity contribution in [1.29, 1.82) is 0 Å². The first-order valence-corrected chi connectivity index (χ1v) is 12.1. The van der Waals surface area contributed by atoms with Crippen LogP contribution in [0.5, 0.6) is 17.2 Å². The Morgan fingerprint density at radius 2 is 1.86 bits per heavy atom. The number of piperidine rings is 1. The number of fused-ring (bicyclic) bond motifs is 1. The predicted molar refractivity (Wildman–Crippen MR) is 131 cm³/mol. The summed E-state index contributed by atoms with van der Waals surface area (Å²) in [5.41, 5.74) is 1.09. The summed E-state index contributed by atoms with van der Waals surface area (Å²) in [7, 11) is 1.54. The maximum Gasteiger partial charge on any atom is 0.286 e. The minimum absolute atomic E-state index is 0.0542. The van der Waals surface area contributed by atoms with Crippen LogP contribution >= 0.6 is 11.3 Å². The first kappa shape index (κ1) is 23.5. The van der Waals surface area contributed by atoms with E-state index in [1.54, 1.807) is 35.2 Å². The average Bonchev–Trinajstić information content (AvgIpc) is 3.58. The van der Waals surface area contributed by atoms with Crippen LogP contribution in [0.3, 0.4) is 0 Å². The van der Waals surface area contributed by atoms with Gasteiger partial charge in [-0.05, 0) is 37.1 Å². The standard InChI is InChI=1S/C24H23N5O6S/c1-33-17-7-3-2-6-16(17)26-20(30)14-5-4-10-29(12-14)24(32)23-28-27-22(36-23)21(31)25-15-8-9-18-19(11-15)35-13-34-18/h2-3,6-9,11,14H,4-5,10,12-13H2,1H3,(H,25,31)(H,26,30)/t14-/m0/s1. The van der Waals surface area contributed by atoms with Crippen LogP contribution in [0.15, 0.2) is 42.5 Å². The summed E-state index contributed by atoms with van der Waals surface area (Å²) in [5, 5.41) is 13.6. The van der Waals surface area contributed by atoms with Crippen molar-refractivity contribution in [2.75, 3.05) is 37.6 Å². The highest BCUT2D eigenvalue weighted by molar-refractivity contribution is 7.15. The number of carbonyl (C=O) groups is 3. The lowest BCUT2D eigenvalue weighted by molar-refractivity contribution is -0.121. The van der Waals surface area contributed by atoms with Crippen LogP contribution < -0.4 is 24.8 Å². The molecule has 3 heterocycles. The average molecular weight is 510 g/mol. The SMILES string of the molecule is COc1ccccc1NC(=O)[C@H]1CCCN(C(=O)c2nnc(C(=O)Nc3ccc4c(c3)OCO4)s2)C1. The minimum Gasteiger partial charge on any atom is -0.495 e. The van der Waals surface area contributed by atoms with E-state index < -0.39 is 5.91 Å². The molecule has 0 unspecified atom stereocenters. The van der Waals surface area contributed by atoms with Crippen molar-refractivity contribution >= 4 is 40.4 Å². The molecular weight excluding hydrogens is 486 g/mol. The topological polar surface area (TPSA) is 132 Å². The molecule has 1 aromatic heterocycles. The van der Waals surface area contributed by atoms with E-state index in [0.29, 0.717) is 48.0 Å². The van der Waals surface area contributed by atoms with E-state index in [4.69, 9.17) is 14.2 Å². The number of anilines is 2. The van der Waals surface area contributed by atoms with Crippen LogP contribution in [0.4, 0.5) is 11.4 Å². The number of likely N-dealkylation sites (tertiary alicyclic amines) is 1. The zero-order valence-corrected chi connectivity index (χ0v) is 20.2. The molecule has 0 radical (unpaired) electrons. The van der Waals surface area contributed by atoms with E-state index in [9.17, 15) is 14.4 Å². The number of rotatable bonds is 6. The Hall–Kier alpha value is -4.19. The fourth-order valence-electron chi connectivity index (χ4n) is 4.05. The lowest BCUT2D eigenvalue weighted by atomic mass is 9.97. The highest BCUT2D eigenvalue weighted by Crippen LogP contribution is 2.34. The second kappa shape index (κ2) is 10.2. The molecule has 11 nitrogen and oxygen atoms in total. The van der Waals surface area contributed by atoms with E-state index in [-0.39, 0.29) is 41.1 Å². The van der Waals surface area contributed by atoms with Gasteiger partial charge in [0.05, 0.1) is 18.7 Å². The molecule has 3 amide bonds. The lowest BCUT2D eigenvalue weighted by Crippen LogP contribution is -2.43. The number of aromatic nitrogens is 2. The van der Waals surface area contributed by atoms with Crippen molar-refractivity contribution < 1.29 is 28.6 Å². The third-order valence-electron chi connectivity index (χ3n) is 5.88. The second-order valence-electron chi connectivity index (χ2n) is 8.21. The molecule has 0 saturated carbocycles. The van der Waals surface area contributed by atoms with Gasteiger partial charge in [0.2, 0.25) is 22.7 Å². The van der Waals surface area contributed by atoms with Crippen molar-refractivity contribution in [2.24, 2.45) is 5.92 Å². The molecule has 2 aliphatic rings. The quantitative estimate of drug-likeness (QED) is 0.518. The van der Waals surface area contributed by atoms with Gasteiger partial charge in [-0.1, -0.05) is 23.5 Å². The molecule has 0 aliphatic carbocycles. The number of nitrogens with zero attached hydrogens (tertiary/aromatic N) is 3. The Bertz CT molecular complexity index is 1310. The van der Waals surface area contributed by atoms with Gasteiger partial charge in [0.15, 0.2) is 11.5 Å². The highest BCUT2D eigenvalue weighted by Gasteiger charge is 2.31. The van der Waals surface area contributed by atoms with E-state index in [1.807, 2.05) is 12.1 Å². The lowest BCUT2D eigenvalue weighted by Gasteiger charge is -2.31. The third-order valence-corrected chi connectivity index (χ3v) is 6.79. The Morgan fingerprint density at radius 3 is 2.72 bits per heavy atom. The molecule has 2 aromatic carbocycles. The predicted octanol–water partition coefficient (Wildman–Crippen LogP) is 3.02. The summed E-state index contributed by atoms with van der Waals surface area (Å²) < 4.78 is 15.9. The van der Waals surface area contributed by atoms with Gasteiger partial charge in [-0.3, -0.25) is 14.4 Å². The molecule has 36 heavy (non-hydrogen) atoms. The molecule has 2 N–H and O–H groups in total. The largest absolute Gasteiger partial charge is 0.495 e. The molecule has 1 atom stereocenters. The van der Waals surface area contributed by atoms with Crippen LogP contribution in [0.2, 0.25) is 0 Å². The molecule has 2 aliphatic heterocycles. The van der Waals surface area contributed by atoms with Crippen LogP contribution in [0.25, 0.3) is 0 Å². The van der Waals surface area contributed by atoms with Crippen molar-refractivity contribution in [3.05, 3.63) is 52.5 Å². The summed E-state index contributed by atoms with van der Waals surface area (Å²) in [6.45, 7) is 0.877. The number of hydrogen-bond donors (Lipinski definition) is 2. The van der Waals surface area contributed by atoms with Gasteiger partial charge in [-0.25, -0.2) is 0 Å². The maximum absolute atomic E-state index is 13.1. The monoisotopic (exact) mass is 509 g/mol. The van der Waals surface area contributed by atoms with E-state index in [0.717, 1.165) is 11.3 Å². The Labute approximate surface area is 210 Å². The number of amides is 3. The van der Waals surface area contributed by atoms with Crippen molar-refractivity contribution in [3.63, 3.8) is 0 Å².